The molecule has 0 radical (unpaired) electrons. The van der Waals surface area contributed by atoms with Crippen LogP contribution in [0.15, 0.2) is 78.1 Å². The molecule has 2 saturated heterocycles. The van der Waals surface area contributed by atoms with E-state index in [1.54, 1.807) is 29.8 Å². The van der Waals surface area contributed by atoms with Crippen LogP contribution in [0.3, 0.4) is 0 Å². The van der Waals surface area contributed by atoms with Gasteiger partial charge in [0.05, 0.1) is 40.7 Å². The number of H-pyrrole nitrogens is 1. The van der Waals surface area contributed by atoms with E-state index >= 15 is 0 Å². The van der Waals surface area contributed by atoms with E-state index < -0.39 is 41.9 Å². The van der Waals surface area contributed by atoms with Crippen molar-refractivity contribution in [2.24, 2.45) is 12.2 Å². The molecule has 3 N–H and O–H groups in total. The number of anilines is 1. The number of hydrogen-bond donors (Lipinski definition) is 3. The number of aryl methyl sites for hydroxylation is 1. The van der Waals surface area contributed by atoms with Gasteiger partial charge in [-0.05, 0) is 54.9 Å². The van der Waals surface area contributed by atoms with Crippen LogP contribution in [0, 0.1) is 0 Å². The van der Waals surface area contributed by atoms with Crippen molar-refractivity contribution in [2.75, 3.05) is 57.9 Å². The summed E-state index contributed by atoms with van der Waals surface area (Å²) in [5, 5.41) is 11.8. The summed E-state index contributed by atoms with van der Waals surface area (Å²) in [6.45, 7) is 3.08. The lowest BCUT2D eigenvalue weighted by atomic mass is 9.96. The molecule has 21 heteroatoms. The minimum atomic E-state index is -0.891. The Morgan fingerprint density at radius 1 is 1.12 bits per heavy atom. The largest absolute Gasteiger partial charge is 0.484 e. The van der Waals surface area contributed by atoms with Crippen LogP contribution in [0.25, 0.3) is 31.9 Å². The molecule has 0 saturated carbocycles. The summed E-state index contributed by atoms with van der Waals surface area (Å²) in [6, 6.07) is 8.32. The Kier molecular flexibility index (Phi) is 13.1. The second kappa shape index (κ2) is 18.9. The van der Waals surface area contributed by atoms with E-state index in [9.17, 15) is 24.0 Å². The monoisotopic (exact) mass is 826 g/mol. The zero-order valence-corrected chi connectivity index (χ0v) is 32.9. The van der Waals surface area contributed by atoms with E-state index in [4.69, 9.17) is 20.0 Å². The molecule has 1 aromatic carbocycles. The molecule has 308 valence electrons. The number of thiophene rings is 1. The molecule has 2 aliphatic heterocycles. The van der Waals surface area contributed by atoms with Crippen molar-refractivity contribution >= 4 is 40.0 Å². The number of carbonyl (C=O) groups excluding carboxylic acids is 2. The third-order valence-corrected chi connectivity index (χ3v) is 11.0. The Hall–Kier alpha value is -6.41. The van der Waals surface area contributed by atoms with Gasteiger partial charge in [-0.2, -0.15) is 0 Å². The van der Waals surface area contributed by atoms with Gasteiger partial charge < -0.3 is 34.4 Å². The van der Waals surface area contributed by atoms with Crippen LogP contribution >= 0.6 is 11.3 Å². The average Bonchev–Trinajstić information content (AvgIpc) is 3.94. The third-order valence-electron chi connectivity index (χ3n) is 10.1. The molecule has 20 nitrogen and oxygen atoms in total. The second-order valence-corrected chi connectivity index (χ2v) is 15.1. The predicted molar refractivity (Wildman–Crippen MR) is 216 cm³/mol. The van der Waals surface area contributed by atoms with E-state index in [0.717, 1.165) is 46.8 Å². The molecule has 0 spiro atoms. The van der Waals surface area contributed by atoms with Crippen LogP contribution in [-0.4, -0.2) is 111 Å². The lowest BCUT2D eigenvalue weighted by Gasteiger charge is -2.32. The number of azide groups is 1. The molecule has 3 atom stereocenters. The number of benzene rings is 1. The number of aromatic amines is 1. The number of hydrogen-bond acceptors (Lipinski definition) is 15. The highest BCUT2D eigenvalue weighted by Gasteiger charge is 2.39. The lowest BCUT2D eigenvalue weighted by Crippen LogP contribution is -2.48. The topological polar surface area (TPSA) is 256 Å². The lowest BCUT2D eigenvalue weighted by molar-refractivity contribution is -0.140. The zero-order valence-electron chi connectivity index (χ0n) is 32.1. The number of likely N-dealkylation sites (tertiary alicyclic amines) is 2. The van der Waals surface area contributed by atoms with Gasteiger partial charge in [0.2, 0.25) is 11.9 Å². The molecule has 59 heavy (non-hydrogen) atoms. The normalized spacial score (nSPS) is 18.1. The van der Waals surface area contributed by atoms with E-state index in [1.165, 1.54) is 30.1 Å². The van der Waals surface area contributed by atoms with Gasteiger partial charge in [0.1, 0.15) is 17.6 Å². The highest BCUT2D eigenvalue weighted by Crippen LogP contribution is 2.28. The second-order valence-electron chi connectivity index (χ2n) is 14.2. The van der Waals surface area contributed by atoms with Gasteiger partial charge in [0.15, 0.2) is 6.61 Å². The van der Waals surface area contributed by atoms with Gasteiger partial charge in [-0.25, -0.2) is 24.5 Å². The Bertz CT molecular complexity index is 2500. The number of nitrogens with zero attached hydrogens (tertiary/aromatic N) is 9. The summed E-state index contributed by atoms with van der Waals surface area (Å²) < 4.78 is 17.1. The maximum absolute atomic E-state index is 13.2. The summed E-state index contributed by atoms with van der Waals surface area (Å²) in [7, 11) is 1.44. The number of aromatic nitrogens is 5. The number of carbonyl (C=O) groups is 2. The summed E-state index contributed by atoms with van der Waals surface area (Å²) in [6.07, 6.45) is 5.65. The van der Waals surface area contributed by atoms with E-state index in [1.807, 2.05) is 17.5 Å². The van der Waals surface area contributed by atoms with E-state index in [2.05, 4.69) is 44.9 Å². The van der Waals surface area contributed by atoms with Crippen molar-refractivity contribution in [3.63, 3.8) is 0 Å². The fraction of sp³-hybridized carbons (Fsp3) is 0.421. The molecular weight excluding hydrogens is 785 g/mol. The fourth-order valence-corrected chi connectivity index (χ4v) is 7.89. The van der Waals surface area contributed by atoms with Gasteiger partial charge in [0, 0.05) is 80.7 Å². The van der Waals surface area contributed by atoms with Gasteiger partial charge in [-0.1, -0.05) is 11.2 Å². The highest BCUT2D eigenvalue weighted by molar-refractivity contribution is 7.13. The Morgan fingerprint density at radius 2 is 1.95 bits per heavy atom. The first-order valence-corrected chi connectivity index (χ1v) is 19.9. The van der Waals surface area contributed by atoms with Crippen molar-refractivity contribution in [3.05, 3.63) is 107 Å². The number of amides is 2. The Morgan fingerprint density at radius 3 is 2.75 bits per heavy atom. The molecule has 2 amide bonds. The van der Waals surface area contributed by atoms with Crippen molar-refractivity contribution in [3.8, 4) is 16.3 Å². The summed E-state index contributed by atoms with van der Waals surface area (Å²) in [5.74, 6) is -0.255. The molecule has 0 aliphatic carbocycles. The van der Waals surface area contributed by atoms with E-state index in [-0.39, 0.29) is 54.2 Å². The molecule has 7 rings (SSSR count). The first kappa shape index (κ1) is 40.8. The van der Waals surface area contributed by atoms with Crippen LogP contribution < -0.4 is 32.3 Å². The third kappa shape index (κ3) is 10.2. The van der Waals surface area contributed by atoms with Crippen molar-refractivity contribution < 1.29 is 23.5 Å². The summed E-state index contributed by atoms with van der Waals surface area (Å²) in [5.41, 5.74) is 9.98. The van der Waals surface area contributed by atoms with Crippen LogP contribution in [0.1, 0.15) is 36.6 Å². The molecule has 1 unspecified atom stereocenters. The highest BCUT2D eigenvalue weighted by atomic mass is 32.1. The minimum absolute atomic E-state index is 0.0356. The number of fused-ring (bicyclic) bond motifs is 1. The van der Waals surface area contributed by atoms with Gasteiger partial charge in [0.25, 0.3) is 11.5 Å². The summed E-state index contributed by atoms with van der Waals surface area (Å²) >= 11 is 1.56. The first-order valence-electron chi connectivity index (χ1n) is 19.0. The van der Waals surface area contributed by atoms with Gasteiger partial charge in [-0.3, -0.25) is 23.9 Å². The fourth-order valence-electron chi connectivity index (χ4n) is 7.20. The number of rotatable bonds is 16. The molecule has 0 bridgehead atoms. The zero-order chi connectivity index (χ0) is 41.3. The maximum Gasteiger partial charge on any atom is 0.422 e. The number of piperidine rings is 1. The smallest absolute Gasteiger partial charge is 0.422 e. The first-order chi connectivity index (χ1) is 28.6. The van der Waals surface area contributed by atoms with Crippen LogP contribution in [0.5, 0.6) is 5.75 Å². The maximum atomic E-state index is 13.2. The minimum Gasteiger partial charge on any atom is -0.484 e. The summed E-state index contributed by atoms with van der Waals surface area (Å²) in [4.78, 5) is 86.8. The Labute approximate surface area is 339 Å². The van der Waals surface area contributed by atoms with Crippen LogP contribution in [-0.2, 0) is 27.9 Å². The molecule has 4 aromatic heterocycles. The van der Waals surface area contributed by atoms with E-state index in [0.29, 0.717) is 31.3 Å². The standard InChI is InChI=1S/C38H42N12O8S/c1-48-29-15-26(6-7-27(29)36(54)58-38(48)55)57-22-33(52)50-21-25(46-47-39)14-30(50)35(53)40-8-11-56-12-9-41-37-42-17-23(18-43-37)19-49-10-2-4-24(20-49)34-44-28(16-32(51)45-34)31-5-3-13-59-31/h3,5-7,13,15-18,24-25,30H,2,4,8-12,14,19-22H2,1H3,(H,40,53)(H,41,42,43)(H,44,45,51)/t24?,25-,30-/m0/s1. The van der Waals surface area contributed by atoms with Crippen molar-refractivity contribution in [2.45, 2.75) is 43.8 Å². The number of ether oxygens (including phenoxy) is 2. The molecule has 6 heterocycles. The SMILES string of the molecule is Cn1c(=O)oc(=O)c2ccc(OCC(=O)N3C[C@@H](N=[N+]=[N-])C[C@H]3C(=O)NCCOCCNc3ncc(CN4CCCC(c5nc(-c6cccs6)cc(=O)[nH]5)C4)cn3)cc21. The predicted octanol–water partition coefficient (Wildman–Crippen LogP) is 2.38. The van der Waals surface area contributed by atoms with Gasteiger partial charge >= 0.3 is 11.4 Å². The molecule has 2 fully saturated rings. The quantitative estimate of drug-likeness (QED) is 0.0560. The van der Waals surface area contributed by atoms with Crippen molar-refractivity contribution in [1.29, 1.82) is 0 Å². The average molecular weight is 827 g/mol. The van der Waals surface area contributed by atoms with Crippen LogP contribution in [0.2, 0.25) is 0 Å². The molecular formula is C38H42N12O8S. The molecule has 5 aromatic rings. The van der Waals surface area contributed by atoms with Gasteiger partial charge in [-0.15, -0.1) is 11.3 Å². The molecule has 2 aliphatic rings. The number of nitrogens with one attached hydrogen (secondary N) is 3. The van der Waals surface area contributed by atoms with Crippen molar-refractivity contribution in [1.82, 2.24) is 39.6 Å². The Balaban J connectivity index is 0.818. The van der Waals surface area contributed by atoms with Crippen LogP contribution in [0.4, 0.5) is 5.95 Å².